The van der Waals surface area contributed by atoms with Crippen LogP contribution in [0.1, 0.15) is 85.0 Å². The van der Waals surface area contributed by atoms with Crippen molar-refractivity contribution in [3.8, 4) is 0 Å². The molecule has 0 aliphatic heterocycles. The van der Waals surface area contributed by atoms with Crippen LogP contribution in [0.4, 0.5) is 0 Å². The van der Waals surface area contributed by atoms with Gasteiger partial charge < -0.3 is 0 Å². The Morgan fingerprint density at radius 3 is 2.11 bits per heavy atom. The van der Waals surface area contributed by atoms with Crippen molar-refractivity contribution in [1.82, 2.24) is 0 Å². The smallest absolute Gasteiger partial charge is 0.0383 e. The molecule has 3 unspecified atom stereocenters. The first-order valence-electron chi connectivity index (χ1n) is 8.66. The van der Waals surface area contributed by atoms with Gasteiger partial charge in [-0.05, 0) is 42.4 Å². The van der Waals surface area contributed by atoms with Crippen molar-refractivity contribution >= 4 is 0 Å². The van der Waals surface area contributed by atoms with Crippen LogP contribution in [0.3, 0.4) is 0 Å². The predicted octanol–water partition coefficient (Wildman–Crippen LogP) is 6.06. The summed E-state index contributed by atoms with van der Waals surface area (Å²) in [4.78, 5) is 0. The maximum Gasteiger partial charge on any atom is -0.0383 e. The van der Waals surface area contributed by atoms with Gasteiger partial charge in [0.25, 0.3) is 0 Å². The lowest BCUT2D eigenvalue weighted by Crippen LogP contribution is -2.28. The molecule has 2 aliphatic carbocycles. The molecule has 2 saturated carbocycles. The Morgan fingerprint density at radius 1 is 0.778 bits per heavy atom. The molecule has 2 aliphatic rings. The van der Waals surface area contributed by atoms with E-state index in [0.717, 1.165) is 29.6 Å². The Balaban J connectivity index is 1.83. The quantitative estimate of drug-likeness (QED) is 0.569. The fourth-order valence-electron chi connectivity index (χ4n) is 4.74. The van der Waals surface area contributed by atoms with Crippen molar-refractivity contribution in [2.24, 2.45) is 29.6 Å². The fourth-order valence-corrected chi connectivity index (χ4v) is 4.74. The molecule has 0 saturated heterocycles. The molecule has 0 spiro atoms. The van der Waals surface area contributed by atoms with Crippen LogP contribution < -0.4 is 0 Å². The van der Waals surface area contributed by atoms with E-state index in [0.29, 0.717) is 0 Å². The zero-order valence-corrected chi connectivity index (χ0v) is 13.0. The third kappa shape index (κ3) is 4.00. The molecule has 0 heteroatoms. The minimum Gasteiger partial charge on any atom is -0.0628 e. The molecule has 106 valence electrons. The Morgan fingerprint density at radius 2 is 1.44 bits per heavy atom. The number of hydrogen-bond donors (Lipinski definition) is 0. The molecule has 18 heavy (non-hydrogen) atoms. The van der Waals surface area contributed by atoms with Gasteiger partial charge in [-0.3, -0.25) is 0 Å². The lowest BCUT2D eigenvalue weighted by atomic mass is 9.67. The minimum absolute atomic E-state index is 0.902. The monoisotopic (exact) mass is 250 g/mol. The summed E-state index contributed by atoms with van der Waals surface area (Å²) < 4.78 is 0. The Hall–Kier alpha value is 0. The van der Waals surface area contributed by atoms with Gasteiger partial charge >= 0.3 is 0 Å². The van der Waals surface area contributed by atoms with Gasteiger partial charge in [0.15, 0.2) is 0 Å². The Bertz CT molecular complexity index is 224. The summed E-state index contributed by atoms with van der Waals surface area (Å²) in [6.07, 6.45) is 15.2. The van der Waals surface area contributed by atoms with Gasteiger partial charge in [-0.15, -0.1) is 0 Å². The van der Waals surface area contributed by atoms with Crippen molar-refractivity contribution in [3.63, 3.8) is 0 Å². The van der Waals surface area contributed by atoms with Crippen LogP contribution in [-0.2, 0) is 0 Å². The van der Waals surface area contributed by atoms with E-state index in [1.165, 1.54) is 57.8 Å². The van der Waals surface area contributed by atoms with E-state index in [1.807, 2.05) is 0 Å². The van der Waals surface area contributed by atoms with E-state index < -0.39 is 0 Å². The highest BCUT2D eigenvalue weighted by atomic mass is 14.4. The van der Waals surface area contributed by atoms with Crippen LogP contribution in [0.15, 0.2) is 0 Å². The van der Waals surface area contributed by atoms with Crippen molar-refractivity contribution in [3.05, 3.63) is 0 Å². The fraction of sp³-hybridized carbons (Fsp3) is 1.00. The van der Waals surface area contributed by atoms with Crippen LogP contribution in [0.25, 0.3) is 0 Å². The summed E-state index contributed by atoms with van der Waals surface area (Å²) >= 11 is 0. The summed E-state index contributed by atoms with van der Waals surface area (Å²) in [5.41, 5.74) is 0. The van der Waals surface area contributed by atoms with Gasteiger partial charge in [0.1, 0.15) is 0 Å². The molecule has 2 fully saturated rings. The molecular formula is C18H34. The maximum absolute atomic E-state index is 2.58. The maximum atomic E-state index is 2.58. The zero-order valence-electron chi connectivity index (χ0n) is 13.0. The van der Waals surface area contributed by atoms with Gasteiger partial charge in [-0.2, -0.15) is 0 Å². The molecule has 0 aromatic carbocycles. The highest BCUT2D eigenvalue weighted by molar-refractivity contribution is 4.82. The van der Waals surface area contributed by atoms with Crippen LogP contribution in [0, 0.1) is 29.6 Å². The van der Waals surface area contributed by atoms with E-state index in [9.17, 15) is 0 Å². The molecule has 0 heterocycles. The van der Waals surface area contributed by atoms with E-state index in [-0.39, 0.29) is 0 Å². The van der Waals surface area contributed by atoms with Crippen molar-refractivity contribution in [2.75, 3.05) is 0 Å². The largest absolute Gasteiger partial charge is 0.0628 e. The van der Waals surface area contributed by atoms with Gasteiger partial charge in [0.2, 0.25) is 0 Å². The third-order valence-corrected chi connectivity index (χ3v) is 5.77. The average molecular weight is 250 g/mol. The molecule has 0 aromatic rings. The second-order valence-electron chi connectivity index (χ2n) is 7.68. The van der Waals surface area contributed by atoms with Crippen molar-refractivity contribution in [2.45, 2.75) is 85.0 Å². The molecule has 2 rings (SSSR count). The second kappa shape index (κ2) is 6.96. The molecule has 0 bridgehead atoms. The average Bonchev–Trinajstić information content (AvgIpc) is 2.38. The van der Waals surface area contributed by atoms with Gasteiger partial charge in [-0.1, -0.05) is 72.1 Å². The van der Waals surface area contributed by atoms with E-state index in [1.54, 1.807) is 6.42 Å². The number of hydrogen-bond acceptors (Lipinski definition) is 0. The normalized spacial score (nSPS) is 32.7. The third-order valence-electron chi connectivity index (χ3n) is 5.77. The number of rotatable bonds is 4. The Kier molecular flexibility index (Phi) is 5.57. The summed E-state index contributed by atoms with van der Waals surface area (Å²) in [6, 6.07) is 0. The first-order valence-corrected chi connectivity index (χ1v) is 8.66. The van der Waals surface area contributed by atoms with Gasteiger partial charge in [0, 0.05) is 0 Å². The summed E-state index contributed by atoms with van der Waals surface area (Å²) in [7, 11) is 0. The summed E-state index contributed by atoms with van der Waals surface area (Å²) in [5.74, 6) is 5.10. The lowest BCUT2D eigenvalue weighted by Gasteiger charge is -2.38. The van der Waals surface area contributed by atoms with Gasteiger partial charge in [-0.25, -0.2) is 0 Å². The van der Waals surface area contributed by atoms with Gasteiger partial charge in [0.05, 0.1) is 0 Å². The molecule has 0 aromatic heterocycles. The van der Waals surface area contributed by atoms with Crippen LogP contribution in [0.5, 0.6) is 0 Å². The molecule has 3 atom stereocenters. The molecule has 0 radical (unpaired) electrons. The van der Waals surface area contributed by atoms with Crippen molar-refractivity contribution in [1.29, 1.82) is 0 Å². The second-order valence-corrected chi connectivity index (χ2v) is 7.68. The first-order chi connectivity index (χ1) is 8.66. The van der Waals surface area contributed by atoms with E-state index in [2.05, 4.69) is 20.8 Å². The minimum atomic E-state index is 0.902. The highest BCUT2D eigenvalue weighted by Crippen LogP contribution is 2.42. The van der Waals surface area contributed by atoms with Crippen LogP contribution >= 0.6 is 0 Å². The van der Waals surface area contributed by atoms with Crippen molar-refractivity contribution < 1.29 is 0 Å². The molecule has 0 N–H and O–H groups in total. The van der Waals surface area contributed by atoms with Crippen LogP contribution in [0.2, 0.25) is 0 Å². The SMILES string of the molecule is CC(C)CC1CCCC(C(C)C2CCCCC2)C1. The Labute approximate surface area is 115 Å². The molecule has 0 nitrogen and oxygen atoms in total. The molecule has 0 amide bonds. The first kappa shape index (κ1) is 14.4. The lowest BCUT2D eigenvalue weighted by molar-refractivity contribution is 0.125. The van der Waals surface area contributed by atoms with E-state index >= 15 is 0 Å². The highest BCUT2D eigenvalue weighted by Gasteiger charge is 2.31. The summed E-state index contributed by atoms with van der Waals surface area (Å²) in [6.45, 7) is 7.38. The van der Waals surface area contributed by atoms with E-state index in [4.69, 9.17) is 0 Å². The predicted molar refractivity (Wildman–Crippen MR) is 80.6 cm³/mol. The topological polar surface area (TPSA) is 0 Å². The molecular weight excluding hydrogens is 216 g/mol. The zero-order chi connectivity index (χ0) is 13.0. The van der Waals surface area contributed by atoms with Crippen LogP contribution in [-0.4, -0.2) is 0 Å². The summed E-state index contributed by atoms with van der Waals surface area (Å²) in [5, 5.41) is 0. The standard InChI is InChI=1S/C18H34/c1-14(2)12-16-8-7-11-18(13-16)15(3)17-9-5-4-6-10-17/h14-18H,4-13H2,1-3H3.